The number of rotatable bonds is 6. The van der Waals surface area contributed by atoms with Gasteiger partial charge >= 0.3 is 0 Å². The van der Waals surface area contributed by atoms with Gasteiger partial charge in [0.25, 0.3) is 0 Å². The minimum absolute atomic E-state index is 0.00113. The first-order valence-electron chi connectivity index (χ1n) is 29.3. The lowest BCUT2D eigenvalue weighted by molar-refractivity contribution is 0.669. The zero-order valence-electron chi connectivity index (χ0n) is 54.9. The Kier molecular flexibility index (Phi) is 5.93. The zero-order chi connectivity index (χ0) is 58.8. The van der Waals surface area contributed by atoms with Crippen LogP contribution in [0.15, 0.2) is 113 Å². The van der Waals surface area contributed by atoms with Crippen LogP contribution in [0.4, 0.5) is 17.1 Å². The minimum Gasteiger partial charge on any atom is -0.455 e. The van der Waals surface area contributed by atoms with E-state index in [1.54, 1.807) is 13.8 Å². The van der Waals surface area contributed by atoms with Gasteiger partial charge in [-0.15, -0.1) is 0 Å². The molecular formula is C59H57NO. The van der Waals surface area contributed by atoms with Gasteiger partial charge in [0.15, 0.2) is 0 Å². The number of aryl methyl sites for hydroxylation is 2. The van der Waals surface area contributed by atoms with Gasteiger partial charge in [-0.05, 0) is 209 Å². The van der Waals surface area contributed by atoms with Crippen molar-refractivity contribution in [2.45, 2.75) is 90.0 Å². The van der Waals surface area contributed by atoms with E-state index in [1.807, 2.05) is 20.8 Å². The van der Waals surface area contributed by atoms with Crippen molar-refractivity contribution in [1.29, 1.82) is 0 Å². The number of fused-ring (bicyclic) bond motifs is 5. The molecule has 9 rings (SSSR count). The van der Waals surface area contributed by atoms with Crippen LogP contribution in [0, 0.1) is 90.0 Å². The maximum atomic E-state index is 10.7. The van der Waals surface area contributed by atoms with Gasteiger partial charge in [0, 0.05) is 32.9 Å². The van der Waals surface area contributed by atoms with E-state index >= 15 is 0 Å². The van der Waals surface area contributed by atoms with E-state index in [-0.39, 0.29) is 90.5 Å². The van der Waals surface area contributed by atoms with Crippen LogP contribution in [-0.4, -0.2) is 0 Å². The van der Waals surface area contributed by atoms with Crippen molar-refractivity contribution in [2.24, 2.45) is 0 Å². The van der Waals surface area contributed by atoms with Crippen molar-refractivity contribution in [3.63, 3.8) is 0 Å². The highest BCUT2D eigenvalue weighted by Crippen LogP contribution is 2.50. The van der Waals surface area contributed by atoms with Crippen LogP contribution in [0.5, 0.6) is 0 Å². The quantitative estimate of drug-likeness (QED) is 0.166. The Morgan fingerprint density at radius 1 is 0.393 bits per heavy atom. The molecule has 1 aromatic heterocycles. The van der Waals surface area contributed by atoms with Gasteiger partial charge in [0.05, 0.1) is 30.4 Å². The molecule has 0 aliphatic carbocycles. The molecule has 2 heteroatoms. The third-order valence-electron chi connectivity index (χ3n) is 12.5. The zero-order valence-corrected chi connectivity index (χ0v) is 36.9. The van der Waals surface area contributed by atoms with Gasteiger partial charge in [-0.2, -0.15) is 0 Å². The maximum absolute atomic E-state index is 10.7. The number of hydrogen-bond acceptors (Lipinski definition) is 2. The summed E-state index contributed by atoms with van der Waals surface area (Å²) in [6.45, 7) is 23.4. The molecular weight excluding hydrogens is 739 g/mol. The second-order valence-electron chi connectivity index (χ2n) is 16.3. The molecule has 0 spiro atoms. The second kappa shape index (κ2) is 15.0. The van der Waals surface area contributed by atoms with Crippen molar-refractivity contribution >= 4 is 49.8 Å². The van der Waals surface area contributed by atoms with Crippen LogP contribution < -0.4 is 4.90 Å². The van der Waals surface area contributed by atoms with Crippen LogP contribution in [0.1, 0.15) is 97.0 Å². The summed E-state index contributed by atoms with van der Waals surface area (Å²) >= 11 is 0. The smallest absolute Gasteiger partial charge is 0.143 e. The summed E-state index contributed by atoms with van der Waals surface area (Å²) in [5, 5.41) is -0.0946. The van der Waals surface area contributed by atoms with E-state index in [1.165, 1.54) is 20.8 Å². The van der Waals surface area contributed by atoms with Gasteiger partial charge in [-0.25, -0.2) is 0 Å². The Balaban J connectivity index is 1.58. The Morgan fingerprint density at radius 3 is 1.66 bits per heavy atom. The first-order valence-corrected chi connectivity index (χ1v) is 20.3. The SMILES string of the molecule is [2H]c1c([2H])c(C)c([2H])c(-c2c([2H])c([2H])c(N(c3c([2H])c(C)c(-c4c([2H])c(C)c([2H])c(C)c4[2H])c([2H])c3C)c3c([2H])c4c(oc5c(C)c(C)c(-c6c(C)c(C)c(C)c(C)c6C)c(C)c54)c4c([2H])c([2H])c([2H])c([2H])c34)c([2H])c2[2H])c1[2H]. The lowest BCUT2D eigenvalue weighted by Gasteiger charge is -2.30. The predicted octanol–water partition coefficient (Wildman–Crippen LogP) is 17.2. The Hall–Kier alpha value is -6.38. The van der Waals surface area contributed by atoms with E-state index in [4.69, 9.17) is 14.0 Å². The summed E-state index contributed by atoms with van der Waals surface area (Å²) in [4.78, 5) is 1.06. The Bertz CT molecular complexity index is 4040. The number of hydrogen-bond donors (Lipinski definition) is 0. The molecule has 0 amide bonds. The van der Waals surface area contributed by atoms with Crippen molar-refractivity contribution in [1.82, 2.24) is 0 Å². The van der Waals surface area contributed by atoms with E-state index in [9.17, 15) is 15.1 Å². The summed E-state index contributed by atoms with van der Waals surface area (Å²) in [5.74, 6) is 0. The number of anilines is 3. The Morgan fingerprint density at radius 2 is 0.984 bits per heavy atom. The highest BCUT2D eigenvalue weighted by molar-refractivity contribution is 6.21. The van der Waals surface area contributed by atoms with Gasteiger partial charge < -0.3 is 9.32 Å². The fourth-order valence-corrected chi connectivity index (χ4v) is 8.83. The van der Waals surface area contributed by atoms with E-state index in [0.29, 0.717) is 22.1 Å². The molecule has 0 atom stereocenters. The van der Waals surface area contributed by atoms with Crippen molar-refractivity contribution in [3.8, 4) is 33.4 Å². The van der Waals surface area contributed by atoms with E-state index < -0.39 is 107 Å². The lowest BCUT2D eigenvalue weighted by atomic mass is 9.81. The first-order chi connectivity index (χ1) is 36.7. The molecule has 304 valence electrons. The largest absolute Gasteiger partial charge is 0.455 e. The van der Waals surface area contributed by atoms with Crippen molar-refractivity contribution < 1.29 is 29.1 Å². The topological polar surface area (TPSA) is 16.4 Å². The van der Waals surface area contributed by atoms with Gasteiger partial charge in [-0.1, -0.05) is 95.2 Å². The summed E-state index contributed by atoms with van der Waals surface area (Å²) in [6, 6.07) is -9.97. The van der Waals surface area contributed by atoms with E-state index in [0.717, 1.165) is 49.4 Å². The molecule has 61 heavy (non-hydrogen) atoms. The Labute approximate surface area is 387 Å². The molecule has 2 nitrogen and oxygen atoms in total. The molecule has 0 saturated heterocycles. The predicted molar refractivity (Wildman–Crippen MR) is 264 cm³/mol. The summed E-state index contributed by atoms with van der Waals surface area (Å²) in [7, 11) is 0. The fraction of sp³-hybridized carbons (Fsp3) is 0.220. The van der Waals surface area contributed by atoms with Gasteiger partial charge in [-0.3, -0.25) is 0 Å². The molecule has 0 aliphatic heterocycles. The molecule has 0 bridgehead atoms. The lowest BCUT2D eigenvalue weighted by Crippen LogP contribution is -2.12. The summed E-state index contributed by atoms with van der Waals surface area (Å²) in [5.41, 5.74) is 7.50. The molecule has 0 fully saturated rings. The molecule has 8 aromatic carbocycles. The van der Waals surface area contributed by atoms with Crippen LogP contribution in [0.25, 0.3) is 66.1 Å². The molecule has 0 aliphatic rings. The fourth-order valence-electron chi connectivity index (χ4n) is 8.83. The van der Waals surface area contributed by atoms with Crippen molar-refractivity contribution in [2.75, 3.05) is 4.90 Å². The van der Waals surface area contributed by atoms with Crippen LogP contribution in [0.2, 0.25) is 0 Å². The highest BCUT2D eigenvalue weighted by atomic mass is 16.3. The van der Waals surface area contributed by atoms with Crippen LogP contribution in [-0.2, 0) is 0 Å². The average molecular weight is 814 g/mol. The molecule has 0 unspecified atom stereocenters. The molecule has 0 radical (unpaired) electrons. The first kappa shape index (κ1) is 24.2. The summed E-state index contributed by atoms with van der Waals surface area (Å²) in [6.07, 6.45) is 0. The maximum Gasteiger partial charge on any atom is 0.143 e. The monoisotopic (exact) mass is 814 g/mol. The number of nitrogens with zero attached hydrogens (tertiary/aromatic N) is 1. The van der Waals surface area contributed by atoms with Crippen LogP contribution >= 0.6 is 0 Å². The average Bonchev–Trinajstić information content (AvgIpc) is 4.12. The molecule has 0 N–H and O–H groups in total. The third kappa shape index (κ3) is 6.47. The van der Waals surface area contributed by atoms with Gasteiger partial charge in [0.1, 0.15) is 11.2 Å². The van der Waals surface area contributed by atoms with Gasteiger partial charge in [0.2, 0.25) is 0 Å². The molecule has 9 aromatic rings. The normalized spacial score (nSPS) is 15.8. The highest BCUT2D eigenvalue weighted by Gasteiger charge is 2.27. The van der Waals surface area contributed by atoms with Crippen molar-refractivity contribution in [3.05, 3.63) is 181 Å². The minimum atomic E-state index is -0.855. The van der Waals surface area contributed by atoms with E-state index in [2.05, 4.69) is 34.6 Å². The number of benzene rings is 8. The molecule has 0 saturated carbocycles. The van der Waals surface area contributed by atoms with Crippen LogP contribution in [0.3, 0.4) is 0 Å². The third-order valence-corrected chi connectivity index (χ3v) is 12.5. The second-order valence-corrected chi connectivity index (χ2v) is 16.3. The summed E-state index contributed by atoms with van der Waals surface area (Å²) < 4.78 is 176. The standard InChI is InChI=1S/C59H57NO/c1-32-17-16-18-46(26-32)45-21-23-48(24-22-45)60(53-30-35(4)51(29-36(53)5)47-27-33(2)25-34(3)28-47)54-31-52-57-44(13)56(55-40(9)38(7)37(6)39(8)41(55)10)42(11)43(12)58(57)61-59(52)50-20-15-14-19-49(50)54/h14-31H,1-13H3/i14D,15D,16D,17D,18D,19D,20D,21D,22D,23D,24D,25D,26D,27D,28D,29D,30D,31D. The number of furan rings is 1. The molecule has 1 heterocycles.